The Hall–Kier alpha value is -1.79. The largest absolute Gasteiger partial charge is 0.497 e. The fourth-order valence-corrected chi connectivity index (χ4v) is 3.70. The third kappa shape index (κ3) is 4.25. The molecule has 6 heteroatoms. The number of amides is 1. The lowest BCUT2D eigenvalue weighted by molar-refractivity contribution is -0.134. The molecule has 3 rings (SSSR count). The van der Waals surface area contributed by atoms with Crippen molar-refractivity contribution in [1.82, 2.24) is 10.2 Å². The van der Waals surface area contributed by atoms with Gasteiger partial charge >= 0.3 is 0 Å². The molecule has 2 aliphatic heterocycles. The van der Waals surface area contributed by atoms with Crippen LogP contribution in [0.4, 0.5) is 5.69 Å². The molecular weight excluding hydrogens is 318 g/mol. The first-order valence-electron chi connectivity index (χ1n) is 9.00. The number of piperazine rings is 1. The Bertz CT molecular complexity index is 582. The van der Waals surface area contributed by atoms with Crippen LogP contribution in [0.15, 0.2) is 24.3 Å². The standard InChI is InChI=1S/C19H29N3O3/c1-19(2)14-21(18(23)12-15-13-25-11-8-20-15)9-10-22(19)16-4-6-17(24-3)7-5-16/h4-7,15,20H,8-14H2,1-3H3/t15-/m1/s1. The van der Waals surface area contributed by atoms with E-state index in [1.807, 2.05) is 17.0 Å². The second-order valence-electron chi connectivity index (χ2n) is 7.41. The van der Waals surface area contributed by atoms with Crippen LogP contribution in [0, 0.1) is 0 Å². The highest BCUT2D eigenvalue weighted by atomic mass is 16.5. The van der Waals surface area contributed by atoms with E-state index in [4.69, 9.17) is 9.47 Å². The maximum absolute atomic E-state index is 12.7. The molecule has 6 nitrogen and oxygen atoms in total. The van der Waals surface area contributed by atoms with E-state index < -0.39 is 0 Å². The first kappa shape index (κ1) is 18.0. The van der Waals surface area contributed by atoms with Crippen LogP contribution in [-0.2, 0) is 9.53 Å². The molecule has 2 fully saturated rings. The molecule has 0 spiro atoms. The zero-order valence-electron chi connectivity index (χ0n) is 15.5. The van der Waals surface area contributed by atoms with Crippen LogP contribution in [0.2, 0.25) is 0 Å². The molecule has 1 aromatic carbocycles. The molecule has 25 heavy (non-hydrogen) atoms. The predicted octanol–water partition coefficient (Wildman–Crippen LogP) is 1.50. The number of nitrogens with one attached hydrogen (secondary N) is 1. The molecule has 2 saturated heterocycles. The number of ether oxygens (including phenoxy) is 2. The SMILES string of the molecule is COc1ccc(N2CCN(C(=O)C[C@@H]3COCCN3)CC2(C)C)cc1. The number of nitrogens with zero attached hydrogens (tertiary/aromatic N) is 2. The van der Waals surface area contributed by atoms with Crippen molar-refractivity contribution in [2.75, 3.05) is 51.4 Å². The summed E-state index contributed by atoms with van der Waals surface area (Å²) in [5.41, 5.74) is 1.05. The van der Waals surface area contributed by atoms with Gasteiger partial charge in [0.2, 0.25) is 5.91 Å². The Morgan fingerprint density at radius 1 is 1.32 bits per heavy atom. The number of morpholine rings is 1. The minimum atomic E-state index is -0.112. The first-order valence-corrected chi connectivity index (χ1v) is 9.00. The number of hydrogen-bond acceptors (Lipinski definition) is 5. The zero-order chi connectivity index (χ0) is 17.9. The quantitative estimate of drug-likeness (QED) is 0.895. The third-order valence-corrected chi connectivity index (χ3v) is 5.06. The highest BCUT2D eigenvalue weighted by Gasteiger charge is 2.36. The van der Waals surface area contributed by atoms with Crippen molar-refractivity contribution in [3.05, 3.63) is 24.3 Å². The molecule has 0 unspecified atom stereocenters. The molecule has 0 saturated carbocycles. The van der Waals surface area contributed by atoms with Crippen LogP contribution in [0.1, 0.15) is 20.3 Å². The van der Waals surface area contributed by atoms with Gasteiger partial charge in [0.1, 0.15) is 5.75 Å². The van der Waals surface area contributed by atoms with Gasteiger partial charge in [-0.25, -0.2) is 0 Å². The molecule has 0 bridgehead atoms. The van der Waals surface area contributed by atoms with E-state index in [0.717, 1.165) is 38.5 Å². The Morgan fingerprint density at radius 2 is 2.08 bits per heavy atom. The average Bonchev–Trinajstić information content (AvgIpc) is 2.62. The van der Waals surface area contributed by atoms with Crippen LogP contribution in [0.25, 0.3) is 0 Å². The molecule has 1 aromatic rings. The van der Waals surface area contributed by atoms with Gasteiger partial charge in [-0.15, -0.1) is 0 Å². The summed E-state index contributed by atoms with van der Waals surface area (Å²) in [5.74, 6) is 1.07. The highest BCUT2D eigenvalue weighted by molar-refractivity contribution is 5.77. The van der Waals surface area contributed by atoms with E-state index in [-0.39, 0.29) is 17.5 Å². The summed E-state index contributed by atoms with van der Waals surface area (Å²) in [4.78, 5) is 17.0. The van der Waals surface area contributed by atoms with E-state index in [1.165, 1.54) is 5.69 Å². The lowest BCUT2D eigenvalue weighted by atomic mass is 9.97. The van der Waals surface area contributed by atoms with E-state index in [2.05, 4.69) is 36.2 Å². The summed E-state index contributed by atoms with van der Waals surface area (Å²) in [6.45, 7) is 8.89. The van der Waals surface area contributed by atoms with Crippen LogP contribution in [0.3, 0.4) is 0 Å². The Balaban J connectivity index is 1.61. The van der Waals surface area contributed by atoms with Gasteiger partial charge in [-0.3, -0.25) is 4.79 Å². The number of carbonyl (C=O) groups excluding carboxylic acids is 1. The van der Waals surface area contributed by atoms with Crippen molar-refractivity contribution in [3.63, 3.8) is 0 Å². The molecule has 1 amide bonds. The van der Waals surface area contributed by atoms with Gasteiger partial charge in [0.05, 0.1) is 25.9 Å². The fraction of sp³-hybridized carbons (Fsp3) is 0.632. The maximum atomic E-state index is 12.7. The van der Waals surface area contributed by atoms with Gasteiger partial charge < -0.3 is 24.6 Å². The monoisotopic (exact) mass is 347 g/mol. The van der Waals surface area contributed by atoms with Gasteiger partial charge in [-0.05, 0) is 38.1 Å². The molecular formula is C19H29N3O3. The molecule has 1 atom stereocenters. The van der Waals surface area contributed by atoms with E-state index in [9.17, 15) is 4.79 Å². The highest BCUT2D eigenvalue weighted by Crippen LogP contribution is 2.29. The van der Waals surface area contributed by atoms with Crippen molar-refractivity contribution < 1.29 is 14.3 Å². The maximum Gasteiger partial charge on any atom is 0.224 e. The summed E-state index contributed by atoms with van der Waals surface area (Å²) in [7, 11) is 1.68. The Kier molecular flexibility index (Phi) is 5.49. The van der Waals surface area contributed by atoms with Gasteiger partial charge in [0.25, 0.3) is 0 Å². The van der Waals surface area contributed by atoms with E-state index in [1.54, 1.807) is 7.11 Å². The van der Waals surface area contributed by atoms with E-state index >= 15 is 0 Å². The molecule has 0 radical (unpaired) electrons. The number of rotatable bonds is 4. The number of hydrogen-bond donors (Lipinski definition) is 1. The van der Waals surface area contributed by atoms with Crippen molar-refractivity contribution in [1.29, 1.82) is 0 Å². The molecule has 0 aromatic heterocycles. The minimum absolute atomic E-state index is 0.112. The normalized spacial score (nSPS) is 23.4. The first-order chi connectivity index (χ1) is 12.0. The second-order valence-corrected chi connectivity index (χ2v) is 7.41. The van der Waals surface area contributed by atoms with Crippen LogP contribution in [-0.4, -0.2) is 68.9 Å². The summed E-state index contributed by atoms with van der Waals surface area (Å²) in [5, 5.41) is 3.36. The number of carbonyl (C=O) groups is 1. The molecule has 1 N–H and O–H groups in total. The summed E-state index contributed by atoms with van der Waals surface area (Å²) < 4.78 is 10.7. The number of benzene rings is 1. The Morgan fingerprint density at radius 3 is 2.68 bits per heavy atom. The number of methoxy groups -OCH3 is 1. The fourth-order valence-electron chi connectivity index (χ4n) is 3.70. The summed E-state index contributed by atoms with van der Waals surface area (Å²) >= 11 is 0. The Labute approximate surface area is 150 Å². The predicted molar refractivity (Wildman–Crippen MR) is 98.2 cm³/mol. The smallest absolute Gasteiger partial charge is 0.224 e. The molecule has 2 heterocycles. The second kappa shape index (κ2) is 7.62. The lowest BCUT2D eigenvalue weighted by Crippen LogP contribution is -2.61. The average molecular weight is 347 g/mol. The molecule has 2 aliphatic rings. The third-order valence-electron chi connectivity index (χ3n) is 5.06. The summed E-state index contributed by atoms with van der Waals surface area (Å²) in [6.07, 6.45) is 0.513. The van der Waals surface area contributed by atoms with Crippen LogP contribution in [0.5, 0.6) is 5.75 Å². The topological polar surface area (TPSA) is 54.0 Å². The number of anilines is 1. The summed E-state index contributed by atoms with van der Waals surface area (Å²) in [6, 6.07) is 8.28. The van der Waals surface area contributed by atoms with Gasteiger partial charge in [0, 0.05) is 44.3 Å². The van der Waals surface area contributed by atoms with Crippen LogP contribution < -0.4 is 15.0 Å². The molecule has 138 valence electrons. The lowest BCUT2D eigenvalue weighted by Gasteiger charge is -2.48. The van der Waals surface area contributed by atoms with Gasteiger partial charge in [0.15, 0.2) is 0 Å². The van der Waals surface area contributed by atoms with Crippen LogP contribution >= 0.6 is 0 Å². The van der Waals surface area contributed by atoms with Gasteiger partial charge in [-0.1, -0.05) is 0 Å². The minimum Gasteiger partial charge on any atom is -0.497 e. The molecule has 0 aliphatic carbocycles. The van der Waals surface area contributed by atoms with Crippen molar-refractivity contribution in [2.24, 2.45) is 0 Å². The van der Waals surface area contributed by atoms with Gasteiger partial charge in [-0.2, -0.15) is 0 Å². The van der Waals surface area contributed by atoms with E-state index in [0.29, 0.717) is 13.0 Å². The zero-order valence-corrected chi connectivity index (χ0v) is 15.5. The van der Waals surface area contributed by atoms with Crippen molar-refractivity contribution in [3.8, 4) is 5.75 Å². The van der Waals surface area contributed by atoms with Crippen molar-refractivity contribution >= 4 is 11.6 Å². The van der Waals surface area contributed by atoms with Crippen molar-refractivity contribution in [2.45, 2.75) is 31.8 Å².